The van der Waals surface area contributed by atoms with Gasteiger partial charge in [-0.1, -0.05) is 58.4 Å². The van der Waals surface area contributed by atoms with Crippen molar-refractivity contribution in [1.29, 1.82) is 0 Å². The van der Waals surface area contributed by atoms with Gasteiger partial charge in [0, 0.05) is 22.7 Å². The summed E-state index contributed by atoms with van der Waals surface area (Å²) in [6.07, 6.45) is 2.12. The summed E-state index contributed by atoms with van der Waals surface area (Å²) in [6, 6.07) is 25.2. The maximum absolute atomic E-state index is 13.2. The second-order valence-corrected chi connectivity index (χ2v) is 7.54. The average molecular weight is 447 g/mol. The fourth-order valence-electron chi connectivity index (χ4n) is 3.14. The van der Waals surface area contributed by atoms with Gasteiger partial charge in [-0.15, -0.1) is 0 Å². The Hall–Kier alpha value is -3.18. The van der Waals surface area contributed by atoms with Crippen molar-refractivity contribution in [2.24, 2.45) is 0 Å². The zero-order valence-corrected chi connectivity index (χ0v) is 17.5. The SMILES string of the molecule is COc1ccc(CC(=O)c2cn(-c3ccccc3)nc2-c2ccc(Br)cc2)cc1. The molecule has 4 aromatic rings. The molecule has 0 saturated heterocycles. The Morgan fingerprint density at radius 2 is 1.66 bits per heavy atom. The van der Waals surface area contributed by atoms with Crippen molar-refractivity contribution in [3.8, 4) is 22.7 Å². The summed E-state index contributed by atoms with van der Waals surface area (Å²) >= 11 is 3.46. The van der Waals surface area contributed by atoms with Gasteiger partial charge in [-0.25, -0.2) is 4.68 Å². The summed E-state index contributed by atoms with van der Waals surface area (Å²) in [4.78, 5) is 13.2. The number of halogens is 1. The van der Waals surface area contributed by atoms with Gasteiger partial charge in [0.2, 0.25) is 0 Å². The normalized spacial score (nSPS) is 10.7. The van der Waals surface area contributed by atoms with Gasteiger partial charge in [0.25, 0.3) is 0 Å². The minimum Gasteiger partial charge on any atom is -0.497 e. The van der Waals surface area contributed by atoms with Crippen molar-refractivity contribution >= 4 is 21.7 Å². The summed E-state index contributed by atoms with van der Waals surface area (Å²) < 4.78 is 7.94. The van der Waals surface area contributed by atoms with Crippen LogP contribution in [0, 0.1) is 0 Å². The van der Waals surface area contributed by atoms with Crippen LogP contribution in [0.3, 0.4) is 0 Å². The molecule has 3 aromatic carbocycles. The van der Waals surface area contributed by atoms with E-state index in [2.05, 4.69) is 15.9 Å². The fourth-order valence-corrected chi connectivity index (χ4v) is 3.40. The molecule has 0 aliphatic rings. The molecule has 4 nitrogen and oxygen atoms in total. The van der Waals surface area contributed by atoms with E-state index in [1.54, 1.807) is 11.8 Å². The lowest BCUT2D eigenvalue weighted by atomic mass is 10.0. The third-order valence-corrected chi connectivity index (χ3v) is 5.21. The first-order valence-electron chi connectivity index (χ1n) is 9.21. The molecule has 0 aliphatic carbocycles. The van der Waals surface area contributed by atoms with Crippen molar-refractivity contribution in [2.75, 3.05) is 7.11 Å². The van der Waals surface area contributed by atoms with Gasteiger partial charge in [-0.2, -0.15) is 5.10 Å². The number of ether oxygens (including phenoxy) is 1. The number of hydrogen-bond donors (Lipinski definition) is 0. The van der Waals surface area contributed by atoms with Crippen LogP contribution in [-0.4, -0.2) is 22.7 Å². The van der Waals surface area contributed by atoms with Crippen LogP contribution in [-0.2, 0) is 6.42 Å². The van der Waals surface area contributed by atoms with Gasteiger partial charge in [-0.05, 0) is 42.0 Å². The van der Waals surface area contributed by atoms with E-state index in [0.717, 1.165) is 27.0 Å². The standard InChI is InChI=1S/C24H19BrN2O2/c1-29-21-13-7-17(8-14-21)15-23(28)22-16-27(20-5-3-2-4-6-20)26-24(22)18-9-11-19(25)12-10-18/h2-14,16H,15H2,1H3. The molecule has 5 heteroatoms. The molecule has 1 aromatic heterocycles. The van der Waals surface area contributed by atoms with Gasteiger partial charge in [0.1, 0.15) is 11.4 Å². The topological polar surface area (TPSA) is 44.1 Å². The molecule has 0 radical (unpaired) electrons. The fraction of sp³-hybridized carbons (Fsp3) is 0.0833. The number of Topliss-reactive ketones (excluding diaryl/α,β-unsaturated/α-hetero) is 1. The Morgan fingerprint density at radius 3 is 2.31 bits per heavy atom. The van der Waals surface area contributed by atoms with Crippen molar-refractivity contribution < 1.29 is 9.53 Å². The summed E-state index contributed by atoms with van der Waals surface area (Å²) in [5, 5.41) is 4.73. The summed E-state index contributed by atoms with van der Waals surface area (Å²) in [7, 11) is 1.63. The quantitative estimate of drug-likeness (QED) is 0.355. The number of ketones is 1. The summed E-state index contributed by atoms with van der Waals surface area (Å²) in [6.45, 7) is 0. The summed E-state index contributed by atoms with van der Waals surface area (Å²) in [5.41, 5.74) is 4.03. The molecular formula is C24H19BrN2O2. The van der Waals surface area contributed by atoms with E-state index in [9.17, 15) is 4.79 Å². The van der Waals surface area contributed by atoms with E-state index in [0.29, 0.717) is 17.7 Å². The van der Waals surface area contributed by atoms with Crippen LogP contribution >= 0.6 is 15.9 Å². The largest absolute Gasteiger partial charge is 0.497 e. The van der Waals surface area contributed by atoms with Crippen molar-refractivity contribution in [3.05, 3.63) is 101 Å². The van der Waals surface area contributed by atoms with Gasteiger partial charge in [-0.3, -0.25) is 4.79 Å². The highest BCUT2D eigenvalue weighted by molar-refractivity contribution is 9.10. The molecule has 0 atom stereocenters. The van der Waals surface area contributed by atoms with Crippen LogP contribution in [0.2, 0.25) is 0 Å². The number of benzene rings is 3. The number of para-hydroxylation sites is 1. The first-order chi connectivity index (χ1) is 14.1. The van der Waals surface area contributed by atoms with Crippen LogP contribution in [0.15, 0.2) is 89.5 Å². The van der Waals surface area contributed by atoms with E-state index in [-0.39, 0.29) is 5.78 Å². The first-order valence-corrected chi connectivity index (χ1v) is 10.0. The molecule has 0 amide bonds. The third-order valence-electron chi connectivity index (χ3n) is 4.68. The Labute approximate surface area is 177 Å². The predicted octanol–water partition coefficient (Wildman–Crippen LogP) is 5.74. The lowest BCUT2D eigenvalue weighted by Gasteiger charge is -2.04. The lowest BCUT2D eigenvalue weighted by Crippen LogP contribution is -2.04. The maximum Gasteiger partial charge on any atom is 0.171 e. The van der Waals surface area contributed by atoms with Crippen LogP contribution < -0.4 is 4.74 Å². The number of hydrogen-bond acceptors (Lipinski definition) is 3. The molecule has 4 rings (SSSR count). The molecule has 0 aliphatic heterocycles. The highest BCUT2D eigenvalue weighted by Crippen LogP contribution is 2.27. The van der Waals surface area contributed by atoms with Crippen LogP contribution in [0.5, 0.6) is 5.75 Å². The van der Waals surface area contributed by atoms with Gasteiger partial charge in [0.15, 0.2) is 5.78 Å². The number of methoxy groups -OCH3 is 1. The number of aromatic nitrogens is 2. The Bertz CT molecular complexity index is 1120. The highest BCUT2D eigenvalue weighted by atomic mass is 79.9. The minimum atomic E-state index is 0.0234. The number of carbonyl (C=O) groups excluding carboxylic acids is 1. The lowest BCUT2D eigenvalue weighted by molar-refractivity contribution is 0.0993. The van der Waals surface area contributed by atoms with Crippen LogP contribution in [0.4, 0.5) is 0 Å². The van der Waals surface area contributed by atoms with E-state index >= 15 is 0 Å². The van der Waals surface area contributed by atoms with Gasteiger partial charge < -0.3 is 4.74 Å². The van der Waals surface area contributed by atoms with Crippen molar-refractivity contribution in [3.63, 3.8) is 0 Å². The number of nitrogens with zero attached hydrogens (tertiary/aromatic N) is 2. The molecule has 0 unspecified atom stereocenters. The molecular weight excluding hydrogens is 428 g/mol. The van der Waals surface area contributed by atoms with Gasteiger partial charge >= 0.3 is 0 Å². The molecule has 0 bridgehead atoms. The second-order valence-electron chi connectivity index (χ2n) is 6.63. The predicted molar refractivity (Wildman–Crippen MR) is 118 cm³/mol. The third kappa shape index (κ3) is 4.30. The van der Waals surface area contributed by atoms with E-state index in [1.807, 2.05) is 85.1 Å². The Morgan fingerprint density at radius 1 is 0.966 bits per heavy atom. The maximum atomic E-state index is 13.2. The van der Waals surface area contributed by atoms with Crippen molar-refractivity contribution in [2.45, 2.75) is 6.42 Å². The molecule has 0 spiro atoms. The van der Waals surface area contributed by atoms with Gasteiger partial charge in [0.05, 0.1) is 18.4 Å². The zero-order chi connectivity index (χ0) is 20.2. The first kappa shape index (κ1) is 19.2. The van der Waals surface area contributed by atoms with E-state index < -0.39 is 0 Å². The molecule has 0 saturated carbocycles. The molecule has 29 heavy (non-hydrogen) atoms. The molecule has 0 fully saturated rings. The van der Waals surface area contributed by atoms with Crippen LogP contribution in [0.25, 0.3) is 16.9 Å². The number of rotatable bonds is 6. The average Bonchev–Trinajstić information content (AvgIpc) is 3.21. The minimum absolute atomic E-state index is 0.0234. The molecule has 144 valence electrons. The summed E-state index contributed by atoms with van der Waals surface area (Å²) in [5.74, 6) is 0.795. The van der Waals surface area contributed by atoms with E-state index in [4.69, 9.17) is 9.84 Å². The molecule has 0 N–H and O–H groups in total. The Balaban J connectivity index is 1.72. The van der Waals surface area contributed by atoms with Crippen molar-refractivity contribution in [1.82, 2.24) is 9.78 Å². The second kappa shape index (κ2) is 8.45. The number of carbonyl (C=O) groups is 1. The Kier molecular flexibility index (Phi) is 5.58. The van der Waals surface area contributed by atoms with E-state index in [1.165, 1.54) is 0 Å². The zero-order valence-electron chi connectivity index (χ0n) is 15.9. The smallest absolute Gasteiger partial charge is 0.171 e. The highest BCUT2D eigenvalue weighted by Gasteiger charge is 2.19. The molecule has 1 heterocycles. The monoisotopic (exact) mass is 446 g/mol. The van der Waals surface area contributed by atoms with Crippen LogP contribution in [0.1, 0.15) is 15.9 Å².